The third-order valence-electron chi connectivity index (χ3n) is 2.72. The molecule has 0 aromatic heterocycles. The highest BCUT2D eigenvalue weighted by Gasteiger charge is 2.32. The molecule has 1 amide bonds. The maximum Gasteiger partial charge on any atom is 0.408 e. The monoisotopic (exact) mass is 244 g/mol. The fraction of sp³-hybridized carbons (Fsp3) is 0.917. The zero-order valence-corrected chi connectivity index (χ0v) is 11.2. The van der Waals surface area contributed by atoms with Crippen LogP contribution in [0.5, 0.6) is 0 Å². The van der Waals surface area contributed by atoms with Crippen LogP contribution in [-0.2, 0) is 4.74 Å². The number of alkyl carbamates (subject to hydrolysis) is 1. The van der Waals surface area contributed by atoms with Gasteiger partial charge in [0.05, 0.1) is 6.10 Å². The summed E-state index contributed by atoms with van der Waals surface area (Å²) < 4.78 is 5.23. The molecule has 100 valence electrons. The summed E-state index contributed by atoms with van der Waals surface area (Å²) in [6, 6.07) is 0. The lowest BCUT2D eigenvalue weighted by molar-refractivity contribution is 0.0426. The Morgan fingerprint density at radius 2 is 2.18 bits per heavy atom. The van der Waals surface area contributed by atoms with E-state index in [1.807, 2.05) is 27.7 Å². The molecule has 0 spiro atoms. The molecule has 1 aliphatic rings. The van der Waals surface area contributed by atoms with Crippen molar-refractivity contribution in [1.29, 1.82) is 0 Å². The first-order valence-corrected chi connectivity index (χ1v) is 6.10. The standard InChI is InChI=1S/C12H24N2O3/c1-11(2,3)17-10(16)14-12(4)5-6-13-8-9(15)7-12/h9,13,15H,5-8H2,1-4H3,(H,14,16). The van der Waals surface area contributed by atoms with Gasteiger partial charge in [0.1, 0.15) is 5.60 Å². The quantitative estimate of drug-likeness (QED) is 0.644. The van der Waals surface area contributed by atoms with E-state index in [0.29, 0.717) is 13.0 Å². The minimum Gasteiger partial charge on any atom is -0.444 e. The lowest BCUT2D eigenvalue weighted by atomic mass is 9.92. The molecule has 17 heavy (non-hydrogen) atoms. The Hall–Kier alpha value is -0.810. The number of amides is 1. The van der Waals surface area contributed by atoms with Crippen molar-refractivity contribution >= 4 is 6.09 Å². The molecule has 1 rings (SSSR count). The van der Waals surface area contributed by atoms with Gasteiger partial charge in [-0.2, -0.15) is 0 Å². The maximum atomic E-state index is 11.7. The molecular weight excluding hydrogens is 220 g/mol. The van der Waals surface area contributed by atoms with Crippen LogP contribution in [0, 0.1) is 0 Å². The van der Waals surface area contributed by atoms with Crippen molar-refractivity contribution in [3.63, 3.8) is 0 Å². The number of aliphatic hydroxyl groups excluding tert-OH is 1. The van der Waals surface area contributed by atoms with Gasteiger partial charge in [-0.25, -0.2) is 4.79 Å². The molecule has 0 saturated carbocycles. The van der Waals surface area contributed by atoms with Gasteiger partial charge >= 0.3 is 6.09 Å². The normalized spacial score (nSPS) is 30.5. The zero-order valence-electron chi connectivity index (χ0n) is 11.2. The van der Waals surface area contributed by atoms with E-state index in [4.69, 9.17) is 4.74 Å². The van der Waals surface area contributed by atoms with Crippen LogP contribution in [0.15, 0.2) is 0 Å². The third-order valence-corrected chi connectivity index (χ3v) is 2.72. The van der Waals surface area contributed by atoms with Crippen molar-refractivity contribution in [3.8, 4) is 0 Å². The number of hydrogen-bond donors (Lipinski definition) is 3. The molecule has 5 nitrogen and oxygen atoms in total. The summed E-state index contributed by atoms with van der Waals surface area (Å²) in [5.41, 5.74) is -0.909. The highest BCUT2D eigenvalue weighted by Crippen LogP contribution is 2.20. The Kier molecular flexibility index (Phi) is 4.38. The van der Waals surface area contributed by atoms with E-state index in [2.05, 4.69) is 10.6 Å². The highest BCUT2D eigenvalue weighted by atomic mass is 16.6. The molecule has 0 bridgehead atoms. The second kappa shape index (κ2) is 5.23. The largest absolute Gasteiger partial charge is 0.444 e. The van der Waals surface area contributed by atoms with Gasteiger partial charge in [0.15, 0.2) is 0 Å². The molecular formula is C12H24N2O3. The fourth-order valence-corrected chi connectivity index (χ4v) is 1.99. The minimum atomic E-state index is -0.498. The molecule has 0 aromatic rings. The van der Waals surface area contributed by atoms with Crippen molar-refractivity contribution in [2.45, 2.75) is 57.8 Å². The minimum absolute atomic E-state index is 0.411. The summed E-state index contributed by atoms with van der Waals surface area (Å²) in [5.74, 6) is 0. The molecule has 0 aromatic carbocycles. The van der Waals surface area contributed by atoms with E-state index >= 15 is 0 Å². The number of rotatable bonds is 1. The average molecular weight is 244 g/mol. The summed E-state index contributed by atoms with van der Waals surface area (Å²) in [6.45, 7) is 8.79. The summed E-state index contributed by atoms with van der Waals surface area (Å²) in [5, 5.41) is 15.7. The van der Waals surface area contributed by atoms with Gasteiger partial charge in [0.25, 0.3) is 0 Å². The topological polar surface area (TPSA) is 70.6 Å². The second-order valence-corrected chi connectivity index (χ2v) is 6.00. The van der Waals surface area contributed by atoms with Crippen LogP contribution in [0.4, 0.5) is 4.79 Å². The van der Waals surface area contributed by atoms with Crippen molar-refractivity contribution in [2.75, 3.05) is 13.1 Å². The Morgan fingerprint density at radius 1 is 1.53 bits per heavy atom. The van der Waals surface area contributed by atoms with Crippen molar-refractivity contribution in [2.24, 2.45) is 0 Å². The van der Waals surface area contributed by atoms with E-state index in [1.165, 1.54) is 0 Å². The number of nitrogens with one attached hydrogen (secondary N) is 2. The van der Waals surface area contributed by atoms with Crippen LogP contribution in [0.2, 0.25) is 0 Å². The number of β-amino-alcohol motifs (C(OH)–C–C–N with tert-alkyl or cyclic N) is 1. The van der Waals surface area contributed by atoms with Gasteiger partial charge in [-0.1, -0.05) is 0 Å². The highest BCUT2D eigenvalue weighted by molar-refractivity contribution is 5.68. The fourth-order valence-electron chi connectivity index (χ4n) is 1.99. The Morgan fingerprint density at radius 3 is 2.76 bits per heavy atom. The maximum absolute atomic E-state index is 11.7. The summed E-state index contributed by atoms with van der Waals surface area (Å²) in [6.07, 6.45) is 0.467. The first-order chi connectivity index (χ1) is 7.70. The second-order valence-electron chi connectivity index (χ2n) is 6.00. The van der Waals surface area contributed by atoms with E-state index in [-0.39, 0.29) is 0 Å². The Labute approximate surface area is 103 Å². The van der Waals surface area contributed by atoms with Crippen LogP contribution in [0.1, 0.15) is 40.5 Å². The lowest BCUT2D eigenvalue weighted by Gasteiger charge is -2.31. The molecule has 2 unspecified atom stereocenters. The predicted octanol–water partition coefficient (Wildman–Crippen LogP) is 1.01. The number of hydrogen-bond acceptors (Lipinski definition) is 4. The van der Waals surface area contributed by atoms with Crippen LogP contribution in [-0.4, -0.2) is 41.5 Å². The Balaban J connectivity index is 2.55. The number of carbonyl (C=O) groups is 1. The number of ether oxygens (including phenoxy) is 1. The molecule has 2 atom stereocenters. The van der Waals surface area contributed by atoms with Gasteiger partial charge in [0, 0.05) is 12.1 Å². The van der Waals surface area contributed by atoms with Crippen molar-refractivity contribution in [1.82, 2.24) is 10.6 Å². The molecule has 5 heteroatoms. The summed E-state index contributed by atoms with van der Waals surface area (Å²) in [7, 11) is 0. The zero-order chi connectivity index (χ0) is 13.1. The van der Waals surface area contributed by atoms with Crippen LogP contribution in [0.3, 0.4) is 0 Å². The smallest absolute Gasteiger partial charge is 0.408 e. The first kappa shape index (κ1) is 14.3. The van der Waals surface area contributed by atoms with Crippen molar-refractivity contribution < 1.29 is 14.6 Å². The molecule has 1 aliphatic heterocycles. The number of aliphatic hydroxyl groups is 1. The van der Waals surface area contributed by atoms with Gasteiger partial charge in [0.2, 0.25) is 0 Å². The van der Waals surface area contributed by atoms with Crippen molar-refractivity contribution in [3.05, 3.63) is 0 Å². The summed E-state index contributed by atoms with van der Waals surface area (Å²) >= 11 is 0. The molecule has 0 aliphatic carbocycles. The van der Waals surface area contributed by atoms with Crippen LogP contribution < -0.4 is 10.6 Å². The van der Waals surface area contributed by atoms with E-state index in [9.17, 15) is 9.90 Å². The molecule has 0 radical (unpaired) electrons. The van der Waals surface area contributed by atoms with E-state index < -0.39 is 23.3 Å². The third kappa shape index (κ3) is 5.37. The molecule has 1 saturated heterocycles. The van der Waals surface area contributed by atoms with E-state index in [0.717, 1.165) is 13.0 Å². The summed E-state index contributed by atoms with van der Waals surface area (Å²) in [4.78, 5) is 11.7. The van der Waals surface area contributed by atoms with Gasteiger partial charge in [-0.15, -0.1) is 0 Å². The number of carbonyl (C=O) groups excluding carboxylic acids is 1. The van der Waals surface area contributed by atoms with Crippen LogP contribution in [0.25, 0.3) is 0 Å². The lowest BCUT2D eigenvalue weighted by Crippen LogP contribution is -2.49. The predicted molar refractivity (Wildman–Crippen MR) is 65.9 cm³/mol. The van der Waals surface area contributed by atoms with Gasteiger partial charge in [-0.05, 0) is 47.1 Å². The molecule has 1 fully saturated rings. The van der Waals surface area contributed by atoms with Gasteiger partial charge < -0.3 is 20.5 Å². The average Bonchev–Trinajstić information content (AvgIpc) is 2.22. The van der Waals surface area contributed by atoms with Gasteiger partial charge in [-0.3, -0.25) is 0 Å². The van der Waals surface area contributed by atoms with E-state index in [1.54, 1.807) is 0 Å². The SMILES string of the molecule is CC1(NC(=O)OC(C)(C)C)CCNCC(O)C1. The molecule has 1 heterocycles. The first-order valence-electron chi connectivity index (χ1n) is 6.10. The Bertz CT molecular complexity index is 275. The van der Waals surface area contributed by atoms with Crippen LogP contribution >= 0.6 is 0 Å². The molecule has 3 N–H and O–H groups in total.